The van der Waals surface area contributed by atoms with Crippen LogP contribution < -0.4 is 5.43 Å². The first kappa shape index (κ1) is 21.1. The number of fused-ring (bicyclic) bond motifs is 1. The second kappa shape index (κ2) is 8.97. The molecule has 8 heteroatoms. The fraction of sp³-hybridized carbons (Fsp3) is 0.0400. The van der Waals surface area contributed by atoms with Crippen molar-refractivity contribution in [1.29, 1.82) is 0 Å². The lowest BCUT2D eigenvalue weighted by Gasteiger charge is -2.08. The number of aryl methyl sites for hydroxylation is 1. The normalized spacial score (nSPS) is 11.3. The van der Waals surface area contributed by atoms with Crippen LogP contribution in [0.2, 0.25) is 5.15 Å². The number of amides is 1. The predicted octanol–water partition coefficient (Wildman–Crippen LogP) is 5.87. The molecule has 3 heterocycles. The van der Waals surface area contributed by atoms with Crippen molar-refractivity contribution in [2.75, 3.05) is 0 Å². The van der Waals surface area contributed by atoms with Gasteiger partial charge in [0.05, 0.1) is 44.8 Å². The van der Waals surface area contributed by atoms with Crippen molar-refractivity contribution < 1.29 is 4.79 Å². The van der Waals surface area contributed by atoms with Gasteiger partial charge in [-0.15, -0.1) is 11.3 Å². The lowest BCUT2D eigenvalue weighted by molar-refractivity contribution is 0.0956. The molecule has 0 aliphatic heterocycles. The van der Waals surface area contributed by atoms with Crippen molar-refractivity contribution in [2.45, 2.75) is 6.92 Å². The number of aromatic nitrogens is 3. The fourth-order valence-corrected chi connectivity index (χ4v) is 4.53. The van der Waals surface area contributed by atoms with Gasteiger partial charge >= 0.3 is 0 Å². The van der Waals surface area contributed by atoms with E-state index in [2.05, 4.69) is 15.6 Å². The maximum absolute atomic E-state index is 13.1. The molecular formula is C25H18ClN5OS. The molecule has 0 aliphatic rings. The Kier molecular flexibility index (Phi) is 5.73. The van der Waals surface area contributed by atoms with Gasteiger partial charge in [-0.1, -0.05) is 54.1 Å². The van der Waals surface area contributed by atoms with Crippen LogP contribution in [0.3, 0.4) is 0 Å². The summed E-state index contributed by atoms with van der Waals surface area (Å²) in [6.45, 7) is 1.85. The molecule has 162 valence electrons. The van der Waals surface area contributed by atoms with Crippen LogP contribution in [-0.4, -0.2) is 26.9 Å². The van der Waals surface area contributed by atoms with Gasteiger partial charge in [0, 0.05) is 5.39 Å². The summed E-state index contributed by atoms with van der Waals surface area (Å²) in [7, 11) is 0. The molecular weight excluding hydrogens is 454 g/mol. The zero-order valence-corrected chi connectivity index (χ0v) is 19.1. The van der Waals surface area contributed by atoms with E-state index in [4.69, 9.17) is 16.6 Å². The molecule has 6 nitrogen and oxygen atoms in total. The average Bonchev–Trinajstić information content (AvgIpc) is 3.48. The van der Waals surface area contributed by atoms with Crippen LogP contribution in [0.5, 0.6) is 0 Å². The number of carbonyl (C=O) groups is 1. The second-order valence-corrected chi connectivity index (χ2v) is 8.59. The number of nitrogens with one attached hydrogen (secondary N) is 1. The Hall–Kier alpha value is -3.81. The van der Waals surface area contributed by atoms with E-state index >= 15 is 0 Å². The SMILES string of the molecule is Cc1nn(-c2ccccc2)c(Cl)c1/C=N/NC(=O)c1cc(-c2cccs2)nc2ccccc12. The third-order valence-electron chi connectivity index (χ3n) is 5.14. The smallest absolute Gasteiger partial charge is 0.267 e. The maximum atomic E-state index is 13.1. The van der Waals surface area contributed by atoms with E-state index in [1.807, 2.05) is 79.0 Å². The third-order valence-corrected chi connectivity index (χ3v) is 6.40. The standard InChI is InChI=1S/C25H18ClN5OS/c1-16-20(24(26)31(30-16)17-8-3-2-4-9-17)15-27-29-25(32)19-14-22(23-12-7-13-33-23)28-21-11-6-5-10-18(19)21/h2-15H,1H3,(H,29,32)/b27-15+. The Labute approximate surface area is 199 Å². The molecule has 0 aliphatic carbocycles. The van der Waals surface area contributed by atoms with E-state index in [1.54, 1.807) is 22.1 Å². The van der Waals surface area contributed by atoms with Crippen molar-refractivity contribution in [2.24, 2.45) is 5.10 Å². The summed E-state index contributed by atoms with van der Waals surface area (Å²) in [5.41, 5.74) is 6.82. The molecule has 5 aromatic rings. The lowest BCUT2D eigenvalue weighted by Crippen LogP contribution is -2.18. The van der Waals surface area contributed by atoms with E-state index in [1.165, 1.54) is 6.21 Å². The van der Waals surface area contributed by atoms with Crippen molar-refractivity contribution in [3.05, 3.63) is 100 Å². The molecule has 5 rings (SSSR count). The maximum Gasteiger partial charge on any atom is 0.272 e. The molecule has 3 aromatic heterocycles. The van der Waals surface area contributed by atoms with E-state index < -0.39 is 0 Å². The molecule has 2 aromatic carbocycles. The van der Waals surface area contributed by atoms with Crippen molar-refractivity contribution in [3.8, 4) is 16.3 Å². The number of para-hydroxylation sites is 2. The molecule has 0 spiro atoms. The molecule has 33 heavy (non-hydrogen) atoms. The summed E-state index contributed by atoms with van der Waals surface area (Å²) >= 11 is 8.12. The summed E-state index contributed by atoms with van der Waals surface area (Å²) in [5.74, 6) is -0.327. The highest BCUT2D eigenvalue weighted by Gasteiger charge is 2.15. The van der Waals surface area contributed by atoms with Crippen LogP contribution in [0.1, 0.15) is 21.6 Å². The van der Waals surface area contributed by atoms with Gasteiger partial charge in [-0.25, -0.2) is 15.1 Å². The van der Waals surface area contributed by atoms with E-state index in [0.29, 0.717) is 22.0 Å². The Morgan fingerprint density at radius 2 is 1.88 bits per heavy atom. The molecule has 0 unspecified atom stereocenters. The van der Waals surface area contributed by atoms with Crippen LogP contribution in [0, 0.1) is 6.92 Å². The third kappa shape index (κ3) is 4.16. The second-order valence-electron chi connectivity index (χ2n) is 7.29. The molecule has 0 saturated heterocycles. The monoisotopic (exact) mass is 471 g/mol. The summed E-state index contributed by atoms with van der Waals surface area (Å²) in [5, 5.41) is 11.8. The zero-order chi connectivity index (χ0) is 22.8. The van der Waals surface area contributed by atoms with Crippen LogP contribution >= 0.6 is 22.9 Å². The minimum Gasteiger partial charge on any atom is -0.267 e. The van der Waals surface area contributed by atoms with Crippen LogP contribution in [0.25, 0.3) is 27.2 Å². The Bertz CT molecular complexity index is 1480. The number of thiophene rings is 1. The van der Waals surface area contributed by atoms with Gasteiger partial charge in [0.15, 0.2) is 0 Å². The molecule has 1 amide bonds. The van der Waals surface area contributed by atoms with Gasteiger partial charge in [0.1, 0.15) is 5.15 Å². The van der Waals surface area contributed by atoms with E-state index in [0.717, 1.165) is 27.2 Å². The van der Waals surface area contributed by atoms with Gasteiger partial charge in [-0.05, 0) is 42.6 Å². The predicted molar refractivity (Wildman–Crippen MR) is 133 cm³/mol. The Morgan fingerprint density at radius 1 is 1.09 bits per heavy atom. The first-order valence-electron chi connectivity index (χ1n) is 10.2. The Balaban J connectivity index is 1.44. The summed E-state index contributed by atoms with van der Waals surface area (Å²) in [6, 6.07) is 22.9. The molecule has 0 fully saturated rings. The lowest BCUT2D eigenvalue weighted by atomic mass is 10.1. The highest BCUT2D eigenvalue weighted by Crippen LogP contribution is 2.28. The molecule has 0 atom stereocenters. The van der Waals surface area contributed by atoms with Crippen molar-refractivity contribution in [3.63, 3.8) is 0 Å². The summed E-state index contributed by atoms with van der Waals surface area (Å²) in [4.78, 5) is 18.8. The average molecular weight is 472 g/mol. The highest BCUT2D eigenvalue weighted by atomic mass is 35.5. The Morgan fingerprint density at radius 3 is 2.67 bits per heavy atom. The number of nitrogens with zero attached hydrogens (tertiary/aromatic N) is 4. The van der Waals surface area contributed by atoms with Crippen LogP contribution in [-0.2, 0) is 0 Å². The first-order chi connectivity index (χ1) is 16.1. The van der Waals surface area contributed by atoms with Gasteiger partial charge in [-0.3, -0.25) is 4.79 Å². The molecule has 0 saturated carbocycles. The minimum atomic E-state index is -0.327. The van der Waals surface area contributed by atoms with Crippen LogP contribution in [0.15, 0.2) is 83.3 Å². The van der Waals surface area contributed by atoms with Gasteiger partial charge < -0.3 is 0 Å². The largest absolute Gasteiger partial charge is 0.272 e. The minimum absolute atomic E-state index is 0.327. The topological polar surface area (TPSA) is 72.2 Å². The number of carbonyl (C=O) groups excluding carboxylic acids is 1. The van der Waals surface area contributed by atoms with E-state index in [9.17, 15) is 4.79 Å². The van der Waals surface area contributed by atoms with Gasteiger partial charge in [0.25, 0.3) is 5.91 Å². The highest BCUT2D eigenvalue weighted by molar-refractivity contribution is 7.13. The summed E-state index contributed by atoms with van der Waals surface area (Å²) < 4.78 is 1.64. The number of rotatable bonds is 5. The van der Waals surface area contributed by atoms with Crippen molar-refractivity contribution in [1.82, 2.24) is 20.2 Å². The van der Waals surface area contributed by atoms with Gasteiger partial charge in [-0.2, -0.15) is 10.2 Å². The first-order valence-corrected chi connectivity index (χ1v) is 11.4. The zero-order valence-electron chi connectivity index (χ0n) is 17.6. The number of hydrogen-bond donors (Lipinski definition) is 1. The van der Waals surface area contributed by atoms with E-state index in [-0.39, 0.29) is 5.91 Å². The number of hydrogen-bond acceptors (Lipinski definition) is 5. The number of pyridine rings is 1. The fourth-order valence-electron chi connectivity index (χ4n) is 3.53. The summed E-state index contributed by atoms with van der Waals surface area (Å²) in [6.07, 6.45) is 1.52. The number of hydrazone groups is 1. The number of halogens is 1. The molecule has 0 radical (unpaired) electrons. The van der Waals surface area contributed by atoms with Crippen molar-refractivity contribution >= 4 is 46.0 Å². The van der Waals surface area contributed by atoms with Gasteiger partial charge in [0.2, 0.25) is 0 Å². The molecule has 0 bridgehead atoms. The quantitative estimate of drug-likeness (QED) is 0.257. The number of benzene rings is 2. The van der Waals surface area contributed by atoms with Crippen LogP contribution in [0.4, 0.5) is 0 Å². The molecule has 1 N–H and O–H groups in total.